The highest BCUT2D eigenvalue weighted by Crippen LogP contribution is 2.30. The Hall–Kier alpha value is -4.86. The lowest BCUT2D eigenvalue weighted by atomic mass is 10.0. The van der Waals surface area contributed by atoms with Crippen LogP contribution in [0.15, 0.2) is 67.0 Å². The fourth-order valence-corrected chi connectivity index (χ4v) is 5.10. The number of hydrogen-bond donors (Lipinski definition) is 3. The molecular weight excluding hydrogens is 520 g/mol. The Morgan fingerprint density at radius 2 is 1.80 bits per heavy atom. The number of carbonyl (C=O) groups excluding carboxylic acids is 3. The molecule has 1 fully saturated rings. The molecule has 1 saturated heterocycles. The Kier molecular flexibility index (Phi) is 7.65. The van der Waals surface area contributed by atoms with Gasteiger partial charge in [0.1, 0.15) is 11.3 Å². The first kappa shape index (κ1) is 27.7. The summed E-state index contributed by atoms with van der Waals surface area (Å²) < 4.78 is 5.45. The molecule has 0 aliphatic carbocycles. The van der Waals surface area contributed by atoms with Gasteiger partial charge in [-0.1, -0.05) is 6.07 Å². The van der Waals surface area contributed by atoms with Gasteiger partial charge >= 0.3 is 5.97 Å². The van der Waals surface area contributed by atoms with Crippen LogP contribution in [0.4, 0.5) is 22.7 Å². The van der Waals surface area contributed by atoms with E-state index in [0.717, 1.165) is 43.4 Å². The molecule has 0 spiro atoms. The van der Waals surface area contributed by atoms with Crippen LogP contribution < -0.4 is 20.9 Å². The van der Waals surface area contributed by atoms with E-state index >= 15 is 0 Å². The molecule has 5 rings (SSSR count). The van der Waals surface area contributed by atoms with Gasteiger partial charge in [-0.2, -0.15) is 0 Å². The van der Waals surface area contributed by atoms with E-state index in [1.807, 2.05) is 39.0 Å². The zero-order valence-electron chi connectivity index (χ0n) is 23.4. The van der Waals surface area contributed by atoms with Crippen molar-refractivity contribution in [2.24, 2.45) is 0 Å². The van der Waals surface area contributed by atoms with Gasteiger partial charge in [-0.3, -0.25) is 14.6 Å². The second-order valence-electron chi connectivity index (χ2n) is 11.2. The van der Waals surface area contributed by atoms with Crippen LogP contribution in [0.5, 0.6) is 0 Å². The third-order valence-corrected chi connectivity index (χ3v) is 7.04. The molecule has 4 aromatic rings. The van der Waals surface area contributed by atoms with Crippen LogP contribution in [0.3, 0.4) is 0 Å². The van der Waals surface area contributed by atoms with Gasteiger partial charge in [-0.25, -0.2) is 4.79 Å². The molecule has 0 saturated carbocycles. The van der Waals surface area contributed by atoms with E-state index in [2.05, 4.69) is 20.2 Å². The molecule has 0 bridgehead atoms. The molecule has 0 unspecified atom stereocenters. The van der Waals surface area contributed by atoms with E-state index in [0.29, 0.717) is 33.8 Å². The molecule has 41 heavy (non-hydrogen) atoms. The number of amides is 2. The number of H-pyrrole nitrogens is 1. The summed E-state index contributed by atoms with van der Waals surface area (Å²) in [5.41, 5.74) is 9.38. The lowest BCUT2D eigenvalue weighted by molar-refractivity contribution is -0.108. The van der Waals surface area contributed by atoms with Crippen LogP contribution in [-0.4, -0.2) is 53.0 Å². The number of fused-ring (bicyclic) bond motifs is 1. The number of pyridine rings is 1. The summed E-state index contributed by atoms with van der Waals surface area (Å²) in [6.07, 6.45) is 5.79. The van der Waals surface area contributed by atoms with Crippen molar-refractivity contribution in [2.75, 3.05) is 33.9 Å². The zero-order valence-corrected chi connectivity index (χ0v) is 23.4. The first-order chi connectivity index (χ1) is 19.6. The van der Waals surface area contributed by atoms with Gasteiger partial charge < -0.3 is 30.6 Å². The minimum Gasteiger partial charge on any atom is -0.455 e. The van der Waals surface area contributed by atoms with E-state index in [1.54, 1.807) is 53.7 Å². The van der Waals surface area contributed by atoms with Crippen molar-refractivity contribution in [3.8, 4) is 0 Å². The summed E-state index contributed by atoms with van der Waals surface area (Å²) in [5, 5.41) is 3.73. The number of aromatic amines is 1. The molecule has 1 aliphatic heterocycles. The molecule has 0 radical (unpaired) electrons. The summed E-state index contributed by atoms with van der Waals surface area (Å²) in [5.74, 6) is -0.828. The molecule has 10 nitrogen and oxygen atoms in total. The van der Waals surface area contributed by atoms with Crippen molar-refractivity contribution >= 4 is 51.9 Å². The molecule has 4 N–H and O–H groups in total. The highest BCUT2D eigenvalue weighted by molar-refractivity contribution is 6.10. The Balaban J connectivity index is 1.33. The maximum atomic E-state index is 13.5. The number of nitrogens with two attached hydrogens (primary N) is 1. The number of carbonyl (C=O) groups is 3. The van der Waals surface area contributed by atoms with Crippen molar-refractivity contribution in [3.63, 3.8) is 0 Å². The van der Waals surface area contributed by atoms with Crippen molar-refractivity contribution in [2.45, 2.75) is 45.3 Å². The molecule has 1 aliphatic rings. The number of piperidine rings is 1. The Labute approximate surface area is 238 Å². The summed E-state index contributed by atoms with van der Waals surface area (Å²) in [4.78, 5) is 49.4. The van der Waals surface area contributed by atoms with E-state index < -0.39 is 11.6 Å². The van der Waals surface area contributed by atoms with Gasteiger partial charge in [0.25, 0.3) is 5.91 Å². The second kappa shape index (κ2) is 11.3. The maximum Gasteiger partial charge on any atom is 0.355 e. The first-order valence-electron chi connectivity index (χ1n) is 13.6. The van der Waals surface area contributed by atoms with Gasteiger partial charge in [0.2, 0.25) is 6.41 Å². The fraction of sp³-hybridized carbons (Fsp3) is 0.290. The minimum absolute atomic E-state index is 0.0829. The standard InChI is InChI=1S/C31H34N6O4/c1-31(2,3)41-30(40)27-16-20-4-6-22(18-26(20)35-27)34-29(39)25-7-5-21(32)17-28(25)37(19-38)24-10-14-36(15-11-24)23-8-12-33-13-9-23/h4-9,12-13,16-19,24,35H,10-11,14-15,32H2,1-3H3,(H,34,39). The molecule has 10 heteroatoms. The summed E-state index contributed by atoms with van der Waals surface area (Å²) >= 11 is 0. The number of aromatic nitrogens is 2. The fourth-order valence-electron chi connectivity index (χ4n) is 5.10. The summed E-state index contributed by atoms with van der Waals surface area (Å²) in [7, 11) is 0. The van der Waals surface area contributed by atoms with Gasteiger partial charge in [0.15, 0.2) is 0 Å². The van der Waals surface area contributed by atoms with Gasteiger partial charge in [-0.05, 0) is 82.1 Å². The number of nitrogens with one attached hydrogen (secondary N) is 2. The zero-order chi connectivity index (χ0) is 29.1. The van der Waals surface area contributed by atoms with Crippen LogP contribution in [0.25, 0.3) is 10.9 Å². The summed E-state index contributed by atoms with van der Waals surface area (Å²) in [6, 6.07) is 15.9. The number of nitrogens with zero attached hydrogens (tertiary/aromatic N) is 3. The van der Waals surface area contributed by atoms with Crippen molar-refractivity contribution in [1.29, 1.82) is 0 Å². The first-order valence-corrected chi connectivity index (χ1v) is 13.6. The molecule has 3 heterocycles. The Morgan fingerprint density at radius 3 is 2.49 bits per heavy atom. The molecule has 2 amide bonds. The number of anilines is 4. The largest absolute Gasteiger partial charge is 0.455 e. The Morgan fingerprint density at radius 1 is 1.07 bits per heavy atom. The van der Waals surface area contributed by atoms with Crippen molar-refractivity contribution in [3.05, 3.63) is 78.2 Å². The predicted molar refractivity (Wildman–Crippen MR) is 160 cm³/mol. The summed E-state index contributed by atoms with van der Waals surface area (Å²) in [6.45, 7) is 6.96. The number of ether oxygens (including phenoxy) is 1. The van der Waals surface area contributed by atoms with Gasteiger partial charge in [-0.15, -0.1) is 0 Å². The van der Waals surface area contributed by atoms with Crippen LogP contribution >= 0.6 is 0 Å². The van der Waals surface area contributed by atoms with E-state index in [1.165, 1.54) is 0 Å². The number of hydrogen-bond acceptors (Lipinski definition) is 7. The van der Waals surface area contributed by atoms with Gasteiger partial charge in [0, 0.05) is 59.5 Å². The highest BCUT2D eigenvalue weighted by Gasteiger charge is 2.28. The van der Waals surface area contributed by atoms with Crippen LogP contribution in [-0.2, 0) is 9.53 Å². The number of esters is 1. The van der Waals surface area contributed by atoms with Gasteiger partial charge in [0.05, 0.1) is 11.3 Å². The van der Waals surface area contributed by atoms with Crippen LogP contribution in [0.2, 0.25) is 0 Å². The maximum absolute atomic E-state index is 13.5. The highest BCUT2D eigenvalue weighted by atomic mass is 16.6. The number of rotatable bonds is 7. The number of benzene rings is 2. The minimum atomic E-state index is -0.615. The average Bonchev–Trinajstić information content (AvgIpc) is 3.37. The normalized spacial score (nSPS) is 14.1. The van der Waals surface area contributed by atoms with E-state index in [9.17, 15) is 14.4 Å². The van der Waals surface area contributed by atoms with E-state index in [4.69, 9.17) is 10.5 Å². The molecular formula is C31H34N6O4. The average molecular weight is 555 g/mol. The van der Waals surface area contributed by atoms with Crippen LogP contribution in [0.1, 0.15) is 54.5 Å². The molecule has 212 valence electrons. The predicted octanol–water partition coefficient (Wildman–Crippen LogP) is 4.98. The number of nitrogen functional groups attached to an aromatic ring is 1. The molecule has 2 aromatic heterocycles. The lowest BCUT2D eigenvalue weighted by Crippen LogP contribution is -2.45. The third kappa shape index (κ3) is 6.32. The second-order valence-corrected chi connectivity index (χ2v) is 11.2. The molecule has 2 aromatic carbocycles. The quantitative estimate of drug-likeness (QED) is 0.167. The van der Waals surface area contributed by atoms with E-state index in [-0.39, 0.29) is 11.9 Å². The monoisotopic (exact) mass is 554 g/mol. The smallest absolute Gasteiger partial charge is 0.355 e. The van der Waals surface area contributed by atoms with Crippen molar-refractivity contribution in [1.82, 2.24) is 9.97 Å². The lowest BCUT2D eigenvalue weighted by Gasteiger charge is -2.38. The molecule has 0 atom stereocenters. The topological polar surface area (TPSA) is 134 Å². The SMILES string of the molecule is CC(C)(C)OC(=O)c1cc2ccc(NC(=O)c3ccc(N)cc3N(C=O)C3CCN(c4ccncc4)CC3)cc2[nH]1. The third-order valence-electron chi connectivity index (χ3n) is 7.04. The van der Waals surface area contributed by atoms with Crippen LogP contribution in [0, 0.1) is 0 Å². The van der Waals surface area contributed by atoms with Crippen molar-refractivity contribution < 1.29 is 19.1 Å². The Bertz CT molecular complexity index is 1570.